The number of hydrogen-bond acceptors (Lipinski definition) is 4. The fraction of sp³-hybridized carbons (Fsp3) is 0.273. The number of hydrogen-bond donors (Lipinski definition) is 3. The largest absolute Gasteiger partial charge is 0.505 e. The smallest absolute Gasteiger partial charge is 0.148 e. The predicted octanol–water partition coefficient (Wildman–Crippen LogP) is 0.697. The van der Waals surface area contributed by atoms with Crippen molar-refractivity contribution in [1.29, 1.82) is 0 Å². The molecule has 0 saturated heterocycles. The average Bonchev–Trinajstić information content (AvgIpc) is 2.30. The van der Waals surface area contributed by atoms with Crippen LogP contribution in [0.4, 0.5) is 0 Å². The highest BCUT2D eigenvalue weighted by Gasteiger charge is 2.15. The van der Waals surface area contributed by atoms with Crippen molar-refractivity contribution in [2.45, 2.75) is 13.5 Å². The molecule has 1 aromatic heterocycles. The monoisotopic (exact) mass is 221 g/mol. The second-order valence-corrected chi connectivity index (χ2v) is 3.17. The average molecular weight is 221 g/mol. The van der Waals surface area contributed by atoms with Crippen LogP contribution in [0, 0.1) is 6.92 Å². The molecule has 0 unspecified atom stereocenters. The van der Waals surface area contributed by atoms with Crippen molar-refractivity contribution < 1.29 is 10.2 Å². The molecule has 1 rings (SSSR count). The van der Waals surface area contributed by atoms with E-state index in [1.165, 1.54) is 12.4 Å². The van der Waals surface area contributed by atoms with Crippen LogP contribution in [0.5, 0.6) is 5.75 Å². The molecule has 5 heteroatoms. The molecule has 0 radical (unpaired) electrons. The van der Waals surface area contributed by atoms with E-state index in [1.54, 1.807) is 14.0 Å². The first-order chi connectivity index (χ1) is 7.65. The van der Waals surface area contributed by atoms with Crippen LogP contribution in [0.25, 0.3) is 0 Å². The zero-order valence-corrected chi connectivity index (χ0v) is 9.36. The van der Waals surface area contributed by atoms with Gasteiger partial charge in [-0.05, 0) is 13.1 Å². The molecule has 0 spiro atoms. The Morgan fingerprint density at radius 1 is 1.69 bits per heavy atom. The van der Waals surface area contributed by atoms with Crippen molar-refractivity contribution >= 4 is 5.84 Å². The van der Waals surface area contributed by atoms with Gasteiger partial charge >= 0.3 is 0 Å². The van der Waals surface area contributed by atoms with Gasteiger partial charge in [0.05, 0.1) is 17.9 Å². The van der Waals surface area contributed by atoms with E-state index >= 15 is 0 Å². The zero-order valence-electron chi connectivity index (χ0n) is 9.36. The molecule has 0 bridgehead atoms. The van der Waals surface area contributed by atoms with E-state index in [1.807, 2.05) is 0 Å². The van der Waals surface area contributed by atoms with Gasteiger partial charge in [0.25, 0.3) is 0 Å². The van der Waals surface area contributed by atoms with Crippen LogP contribution in [0.1, 0.15) is 16.8 Å². The summed E-state index contributed by atoms with van der Waals surface area (Å²) in [6.07, 6.45) is 2.97. The summed E-state index contributed by atoms with van der Waals surface area (Å²) in [5.74, 6) is 0.462. The summed E-state index contributed by atoms with van der Waals surface area (Å²) in [7, 11) is 1.59. The zero-order chi connectivity index (χ0) is 12.1. The maximum atomic E-state index is 9.91. The first-order valence-corrected chi connectivity index (χ1v) is 4.78. The normalized spacial score (nSPS) is 11.3. The Morgan fingerprint density at radius 2 is 2.38 bits per heavy atom. The number of nitrogens with zero attached hydrogens (tertiary/aromatic N) is 2. The summed E-state index contributed by atoms with van der Waals surface area (Å²) < 4.78 is 0. The molecule has 0 fully saturated rings. The van der Waals surface area contributed by atoms with Gasteiger partial charge in [0, 0.05) is 18.8 Å². The molecule has 86 valence electrons. The second kappa shape index (κ2) is 5.27. The second-order valence-electron chi connectivity index (χ2n) is 3.17. The summed E-state index contributed by atoms with van der Waals surface area (Å²) in [6.45, 7) is 5.00. The minimum absolute atomic E-state index is 0.0153. The van der Waals surface area contributed by atoms with Crippen molar-refractivity contribution in [3.63, 3.8) is 0 Å². The molecule has 0 aromatic carbocycles. The van der Waals surface area contributed by atoms with Crippen molar-refractivity contribution in [2.24, 2.45) is 4.99 Å². The Bertz CT molecular complexity index is 427. The molecule has 0 aliphatic rings. The minimum atomic E-state index is -0.214. The summed E-state index contributed by atoms with van der Waals surface area (Å²) in [4.78, 5) is 7.96. The first-order valence-electron chi connectivity index (χ1n) is 4.78. The standard InChI is InChI=1S/C11H15N3O2/c1-4-13-11(12-3)9-8(6-15)5-14-7(2)10(9)16/h4-5,15-16H,1,6H2,2-3H3,(H,12,13). The molecule has 1 aromatic rings. The minimum Gasteiger partial charge on any atom is -0.505 e. The Kier molecular flexibility index (Phi) is 4.02. The van der Waals surface area contributed by atoms with Gasteiger partial charge in [0.15, 0.2) is 0 Å². The van der Waals surface area contributed by atoms with E-state index in [0.717, 1.165) is 0 Å². The molecular formula is C11H15N3O2. The summed E-state index contributed by atoms with van der Waals surface area (Å²) >= 11 is 0. The summed E-state index contributed by atoms with van der Waals surface area (Å²) in [6, 6.07) is 0. The number of rotatable bonds is 3. The highest BCUT2D eigenvalue weighted by molar-refractivity contribution is 6.03. The molecule has 0 amide bonds. The van der Waals surface area contributed by atoms with E-state index in [4.69, 9.17) is 0 Å². The highest BCUT2D eigenvalue weighted by Crippen LogP contribution is 2.23. The number of aryl methyl sites for hydroxylation is 1. The number of aliphatic hydroxyl groups is 1. The van der Waals surface area contributed by atoms with Crippen molar-refractivity contribution in [1.82, 2.24) is 10.3 Å². The van der Waals surface area contributed by atoms with Gasteiger partial charge in [-0.2, -0.15) is 0 Å². The Hall–Kier alpha value is -1.88. The molecule has 0 aliphatic carbocycles. The Morgan fingerprint density at radius 3 is 2.88 bits per heavy atom. The number of pyridine rings is 1. The van der Waals surface area contributed by atoms with Crippen molar-refractivity contribution in [2.75, 3.05) is 7.05 Å². The van der Waals surface area contributed by atoms with Crippen LogP contribution in [-0.4, -0.2) is 28.1 Å². The quantitative estimate of drug-likeness (QED) is 0.518. The molecule has 5 nitrogen and oxygen atoms in total. The molecular weight excluding hydrogens is 206 g/mol. The fourth-order valence-electron chi connectivity index (χ4n) is 1.36. The van der Waals surface area contributed by atoms with Gasteiger partial charge in [-0.1, -0.05) is 6.58 Å². The lowest BCUT2D eigenvalue weighted by molar-refractivity contribution is 0.280. The fourth-order valence-corrected chi connectivity index (χ4v) is 1.36. The van der Waals surface area contributed by atoms with Crippen LogP contribution < -0.4 is 5.32 Å². The van der Waals surface area contributed by atoms with Crippen LogP contribution in [-0.2, 0) is 6.61 Å². The van der Waals surface area contributed by atoms with Gasteiger partial charge in [-0.15, -0.1) is 0 Å². The summed E-state index contributed by atoms with van der Waals surface area (Å²) in [5, 5.41) is 21.9. The van der Waals surface area contributed by atoms with Gasteiger partial charge in [0.1, 0.15) is 11.6 Å². The van der Waals surface area contributed by atoms with Gasteiger partial charge in [0.2, 0.25) is 0 Å². The van der Waals surface area contributed by atoms with E-state index in [-0.39, 0.29) is 12.4 Å². The number of aromatic nitrogens is 1. The first kappa shape index (κ1) is 12.2. The molecule has 16 heavy (non-hydrogen) atoms. The molecule has 0 atom stereocenters. The number of nitrogens with one attached hydrogen (secondary N) is 1. The van der Waals surface area contributed by atoms with Crippen LogP contribution in [0.2, 0.25) is 0 Å². The molecule has 1 heterocycles. The molecule has 0 aliphatic heterocycles. The Balaban J connectivity index is 3.39. The lowest BCUT2D eigenvalue weighted by atomic mass is 10.1. The van der Waals surface area contributed by atoms with Gasteiger partial charge in [-0.25, -0.2) is 0 Å². The lowest BCUT2D eigenvalue weighted by Crippen LogP contribution is -2.21. The van der Waals surface area contributed by atoms with Crippen LogP contribution in [0.15, 0.2) is 24.0 Å². The van der Waals surface area contributed by atoms with Gasteiger partial charge in [-0.3, -0.25) is 9.98 Å². The third-order valence-electron chi connectivity index (χ3n) is 2.18. The lowest BCUT2D eigenvalue weighted by Gasteiger charge is -2.13. The predicted molar refractivity (Wildman–Crippen MR) is 62.4 cm³/mol. The van der Waals surface area contributed by atoms with Crippen LogP contribution >= 0.6 is 0 Å². The molecule has 3 N–H and O–H groups in total. The van der Waals surface area contributed by atoms with E-state index in [2.05, 4.69) is 21.9 Å². The van der Waals surface area contributed by atoms with E-state index in [9.17, 15) is 10.2 Å². The van der Waals surface area contributed by atoms with Crippen LogP contribution in [0.3, 0.4) is 0 Å². The number of amidine groups is 1. The number of aliphatic imine (C=N–C) groups is 1. The molecule has 0 saturated carbocycles. The van der Waals surface area contributed by atoms with Gasteiger partial charge < -0.3 is 15.5 Å². The van der Waals surface area contributed by atoms with Crippen molar-refractivity contribution in [3.05, 3.63) is 35.8 Å². The third kappa shape index (κ3) is 2.20. The highest BCUT2D eigenvalue weighted by atomic mass is 16.3. The van der Waals surface area contributed by atoms with E-state index < -0.39 is 0 Å². The van der Waals surface area contributed by atoms with Crippen molar-refractivity contribution in [3.8, 4) is 5.75 Å². The maximum absolute atomic E-state index is 9.91. The van der Waals surface area contributed by atoms with E-state index in [0.29, 0.717) is 22.7 Å². The maximum Gasteiger partial charge on any atom is 0.148 e. The number of aliphatic hydroxyl groups excluding tert-OH is 1. The third-order valence-corrected chi connectivity index (χ3v) is 2.18. The number of aromatic hydroxyl groups is 1. The SMILES string of the molecule is C=CNC(=NC)c1c(CO)cnc(C)c1O. The summed E-state index contributed by atoms with van der Waals surface area (Å²) in [5.41, 5.74) is 1.45. The Labute approximate surface area is 94.2 Å². The topological polar surface area (TPSA) is 77.7 Å².